The van der Waals surface area contributed by atoms with E-state index in [0.717, 1.165) is 56.2 Å². The van der Waals surface area contributed by atoms with Crippen molar-refractivity contribution in [2.45, 2.75) is 19.4 Å². The van der Waals surface area contributed by atoms with E-state index >= 15 is 0 Å². The molecule has 3 rings (SSSR count). The lowest BCUT2D eigenvalue weighted by Crippen LogP contribution is -2.53. The van der Waals surface area contributed by atoms with Crippen LogP contribution in [0.2, 0.25) is 5.02 Å². The van der Waals surface area contributed by atoms with Crippen molar-refractivity contribution in [1.29, 1.82) is 0 Å². The minimum Gasteiger partial charge on any atom is -0.356 e. The van der Waals surface area contributed by atoms with Crippen LogP contribution in [0.3, 0.4) is 0 Å². The van der Waals surface area contributed by atoms with Gasteiger partial charge in [0.15, 0.2) is 5.96 Å². The fourth-order valence-electron chi connectivity index (χ4n) is 3.97. The second-order valence-electron chi connectivity index (χ2n) is 7.59. The molecule has 1 atom stereocenters. The molecule has 7 heteroatoms. The van der Waals surface area contributed by atoms with Crippen LogP contribution in [0.25, 0.3) is 0 Å². The van der Waals surface area contributed by atoms with Crippen LogP contribution in [0.15, 0.2) is 29.3 Å². The highest BCUT2D eigenvalue weighted by Gasteiger charge is 2.22. The Hall–Kier alpha value is -0.570. The molecule has 2 fully saturated rings. The highest BCUT2D eigenvalue weighted by molar-refractivity contribution is 14.0. The van der Waals surface area contributed by atoms with Gasteiger partial charge in [-0.3, -0.25) is 9.89 Å². The molecule has 0 bridgehead atoms. The van der Waals surface area contributed by atoms with E-state index in [4.69, 9.17) is 11.6 Å². The van der Waals surface area contributed by atoms with Crippen molar-refractivity contribution in [2.24, 2.45) is 10.9 Å². The predicted molar refractivity (Wildman–Crippen MR) is 125 cm³/mol. The molecule has 0 radical (unpaired) electrons. The second-order valence-corrected chi connectivity index (χ2v) is 8.02. The number of likely N-dealkylation sites (tertiary alicyclic amines) is 1. The number of nitrogens with one attached hydrogen (secondary N) is 1. The standard InChI is InChI=1S/C20H32ClN5.HI/c1-22-20(23-14-18-4-3-9-24(2)15-18)26-12-10-25(11-13-26)16-17-5-7-19(21)8-6-17;/h5-8,18H,3-4,9-16H2,1-2H3,(H,22,23);1H. The lowest BCUT2D eigenvalue weighted by molar-refractivity contribution is 0.170. The molecule has 1 aromatic carbocycles. The predicted octanol–water partition coefficient (Wildman–Crippen LogP) is 2.99. The molecule has 0 spiro atoms. The number of aliphatic imine (C=N–C) groups is 1. The molecule has 0 saturated carbocycles. The maximum atomic E-state index is 5.98. The van der Waals surface area contributed by atoms with Crippen molar-refractivity contribution in [3.05, 3.63) is 34.9 Å². The fraction of sp³-hybridized carbons (Fsp3) is 0.650. The SMILES string of the molecule is CN=C(NCC1CCCN(C)C1)N1CCN(Cc2ccc(Cl)cc2)CC1.I. The number of hydrogen-bond donors (Lipinski definition) is 1. The lowest BCUT2D eigenvalue weighted by atomic mass is 9.98. The van der Waals surface area contributed by atoms with Gasteiger partial charge in [-0.15, -0.1) is 24.0 Å². The summed E-state index contributed by atoms with van der Waals surface area (Å²) >= 11 is 5.98. The van der Waals surface area contributed by atoms with E-state index in [1.807, 2.05) is 19.2 Å². The molecule has 2 aliphatic rings. The summed E-state index contributed by atoms with van der Waals surface area (Å²) in [5.74, 6) is 1.79. The van der Waals surface area contributed by atoms with Crippen molar-refractivity contribution in [1.82, 2.24) is 20.0 Å². The number of guanidine groups is 1. The zero-order valence-electron chi connectivity index (χ0n) is 16.5. The van der Waals surface area contributed by atoms with E-state index in [2.05, 4.69) is 44.2 Å². The molecule has 2 saturated heterocycles. The van der Waals surface area contributed by atoms with Gasteiger partial charge in [0, 0.05) is 57.9 Å². The van der Waals surface area contributed by atoms with E-state index < -0.39 is 0 Å². The molecule has 27 heavy (non-hydrogen) atoms. The van der Waals surface area contributed by atoms with Gasteiger partial charge in [-0.25, -0.2) is 0 Å². The molecule has 0 aliphatic carbocycles. The fourth-order valence-corrected chi connectivity index (χ4v) is 4.10. The molecule has 2 aliphatic heterocycles. The normalized spacial score (nSPS) is 22.4. The topological polar surface area (TPSA) is 34.1 Å². The molecule has 2 heterocycles. The second kappa shape index (κ2) is 11.4. The van der Waals surface area contributed by atoms with Crippen molar-refractivity contribution in [3.8, 4) is 0 Å². The van der Waals surface area contributed by atoms with E-state index in [1.54, 1.807) is 0 Å². The smallest absolute Gasteiger partial charge is 0.193 e. The highest BCUT2D eigenvalue weighted by Crippen LogP contribution is 2.15. The summed E-state index contributed by atoms with van der Waals surface area (Å²) in [6.45, 7) is 8.63. The number of benzene rings is 1. The molecule has 5 nitrogen and oxygen atoms in total. The molecule has 1 aromatic rings. The maximum Gasteiger partial charge on any atom is 0.193 e. The summed E-state index contributed by atoms with van der Waals surface area (Å²) in [5.41, 5.74) is 1.33. The highest BCUT2D eigenvalue weighted by atomic mass is 127. The van der Waals surface area contributed by atoms with Crippen LogP contribution >= 0.6 is 35.6 Å². The number of hydrogen-bond acceptors (Lipinski definition) is 3. The third kappa shape index (κ3) is 7.07. The first kappa shape index (κ1) is 22.7. The van der Waals surface area contributed by atoms with Gasteiger partial charge in [-0.05, 0) is 50.0 Å². The zero-order chi connectivity index (χ0) is 18.4. The van der Waals surface area contributed by atoms with Gasteiger partial charge in [0.05, 0.1) is 0 Å². The van der Waals surface area contributed by atoms with Crippen LogP contribution in [-0.4, -0.2) is 80.6 Å². The molecule has 152 valence electrons. The van der Waals surface area contributed by atoms with Gasteiger partial charge < -0.3 is 15.1 Å². The van der Waals surface area contributed by atoms with Gasteiger partial charge in [0.1, 0.15) is 0 Å². The third-order valence-electron chi connectivity index (χ3n) is 5.47. The molecular formula is C20H33ClIN5. The van der Waals surface area contributed by atoms with Crippen molar-refractivity contribution >= 4 is 41.5 Å². The lowest BCUT2D eigenvalue weighted by Gasteiger charge is -2.37. The monoisotopic (exact) mass is 505 g/mol. The Morgan fingerprint density at radius 2 is 1.85 bits per heavy atom. The van der Waals surface area contributed by atoms with Crippen molar-refractivity contribution < 1.29 is 0 Å². The number of piperazine rings is 1. The van der Waals surface area contributed by atoms with E-state index in [1.165, 1.54) is 31.5 Å². The Bertz CT molecular complexity index is 587. The van der Waals surface area contributed by atoms with Gasteiger partial charge >= 0.3 is 0 Å². The van der Waals surface area contributed by atoms with Crippen LogP contribution in [0.5, 0.6) is 0 Å². The first-order chi connectivity index (χ1) is 12.6. The maximum absolute atomic E-state index is 5.98. The first-order valence-electron chi connectivity index (χ1n) is 9.75. The minimum absolute atomic E-state index is 0. The summed E-state index contributed by atoms with van der Waals surface area (Å²) in [5, 5.41) is 4.42. The molecular weight excluding hydrogens is 473 g/mol. The third-order valence-corrected chi connectivity index (χ3v) is 5.73. The Labute approximate surface area is 186 Å². The number of rotatable bonds is 4. The number of halogens is 2. The Morgan fingerprint density at radius 1 is 1.15 bits per heavy atom. The van der Waals surface area contributed by atoms with Gasteiger partial charge in [0.2, 0.25) is 0 Å². The summed E-state index contributed by atoms with van der Waals surface area (Å²) < 4.78 is 0. The quantitative estimate of drug-likeness (QED) is 0.388. The average molecular weight is 506 g/mol. The van der Waals surface area contributed by atoms with Crippen LogP contribution in [0.4, 0.5) is 0 Å². The van der Waals surface area contributed by atoms with Crippen LogP contribution in [0.1, 0.15) is 18.4 Å². The minimum atomic E-state index is 0. The zero-order valence-corrected chi connectivity index (χ0v) is 19.6. The Morgan fingerprint density at radius 3 is 2.48 bits per heavy atom. The van der Waals surface area contributed by atoms with Crippen LogP contribution < -0.4 is 5.32 Å². The average Bonchev–Trinajstić information content (AvgIpc) is 2.65. The van der Waals surface area contributed by atoms with Gasteiger partial charge in [0.25, 0.3) is 0 Å². The number of piperidine rings is 1. The van der Waals surface area contributed by atoms with E-state index in [-0.39, 0.29) is 24.0 Å². The van der Waals surface area contributed by atoms with Gasteiger partial charge in [-0.1, -0.05) is 23.7 Å². The van der Waals surface area contributed by atoms with E-state index in [0.29, 0.717) is 0 Å². The molecule has 0 aromatic heterocycles. The number of nitrogens with zero attached hydrogens (tertiary/aromatic N) is 4. The Balaban J connectivity index is 0.00000261. The molecule has 0 amide bonds. The molecule has 1 unspecified atom stereocenters. The largest absolute Gasteiger partial charge is 0.356 e. The van der Waals surface area contributed by atoms with Crippen LogP contribution in [-0.2, 0) is 6.54 Å². The van der Waals surface area contributed by atoms with Crippen molar-refractivity contribution in [2.75, 3.05) is 59.9 Å². The summed E-state index contributed by atoms with van der Waals surface area (Å²) in [6, 6.07) is 8.19. The molecule has 1 N–H and O–H groups in total. The summed E-state index contributed by atoms with van der Waals surface area (Å²) in [7, 11) is 4.12. The Kier molecular flexibility index (Phi) is 9.62. The first-order valence-corrected chi connectivity index (χ1v) is 10.1. The summed E-state index contributed by atoms with van der Waals surface area (Å²) in [6.07, 6.45) is 2.63. The summed E-state index contributed by atoms with van der Waals surface area (Å²) in [4.78, 5) is 11.9. The van der Waals surface area contributed by atoms with Crippen molar-refractivity contribution in [3.63, 3.8) is 0 Å². The van der Waals surface area contributed by atoms with Crippen LogP contribution in [0, 0.1) is 5.92 Å². The van der Waals surface area contributed by atoms with Gasteiger partial charge in [-0.2, -0.15) is 0 Å². The van der Waals surface area contributed by atoms with E-state index in [9.17, 15) is 0 Å².